The average Bonchev–Trinajstić information content (AvgIpc) is 2.55. The molecule has 5 heteroatoms. The van der Waals surface area contributed by atoms with E-state index in [0.29, 0.717) is 19.1 Å². The highest BCUT2D eigenvalue weighted by Gasteiger charge is 2.30. The van der Waals surface area contributed by atoms with Crippen molar-refractivity contribution in [2.24, 2.45) is 5.92 Å². The number of methoxy groups -OCH3 is 1. The minimum atomic E-state index is -0.131. The number of benzene rings is 1. The SMILES string of the molecule is COc1ccc2c(c1)CC(C(=O)NC1CCCNC1C)CO2. The summed E-state index contributed by atoms with van der Waals surface area (Å²) in [6, 6.07) is 6.30. The molecule has 3 atom stereocenters. The van der Waals surface area contributed by atoms with Crippen molar-refractivity contribution < 1.29 is 14.3 Å². The van der Waals surface area contributed by atoms with Crippen LogP contribution in [-0.2, 0) is 11.2 Å². The number of nitrogens with one attached hydrogen (secondary N) is 2. The summed E-state index contributed by atoms with van der Waals surface area (Å²) in [5, 5.41) is 6.59. The van der Waals surface area contributed by atoms with Gasteiger partial charge in [0.15, 0.2) is 0 Å². The van der Waals surface area contributed by atoms with Crippen molar-refractivity contribution in [3.63, 3.8) is 0 Å². The minimum absolute atomic E-state index is 0.0917. The molecule has 2 N–H and O–H groups in total. The summed E-state index contributed by atoms with van der Waals surface area (Å²) in [4.78, 5) is 12.5. The molecule has 5 nitrogen and oxygen atoms in total. The van der Waals surface area contributed by atoms with Crippen LogP contribution in [-0.4, -0.2) is 38.3 Å². The van der Waals surface area contributed by atoms with Crippen LogP contribution < -0.4 is 20.1 Å². The van der Waals surface area contributed by atoms with Crippen molar-refractivity contribution in [1.29, 1.82) is 0 Å². The molecular weight excluding hydrogens is 280 g/mol. The standard InChI is InChI=1S/C17H24N2O3/c1-11-15(4-3-7-18-11)19-17(20)13-8-12-9-14(21-2)5-6-16(12)22-10-13/h5-6,9,11,13,15,18H,3-4,7-8,10H2,1-2H3,(H,19,20). The Bertz CT molecular complexity index is 547. The number of piperidine rings is 1. The number of fused-ring (bicyclic) bond motifs is 1. The zero-order valence-corrected chi connectivity index (χ0v) is 13.2. The van der Waals surface area contributed by atoms with Crippen molar-refractivity contribution >= 4 is 5.91 Å². The molecule has 0 radical (unpaired) electrons. The summed E-state index contributed by atoms with van der Waals surface area (Å²) in [5.74, 6) is 1.62. The first-order valence-corrected chi connectivity index (χ1v) is 8.01. The predicted molar refractivity (Wildman–Crippen MR) is 84.3 cm³/mol. The van der Waals surface area contributed by atoms with Crippen LogP contribution in [0.2, 0.25) is 0 Å². The van der Waals surface area contributed by atoms with Crippen LogP contribution in [0.5, 0.6) is 11.5 Å². The van der Waals surface area contributed by atoms with E-state index < -0.39 is 0 Å². The number of hydrogen-bond acceptors (Lipinski definition) is 4. The summed E-state index contributed by atoms with van der Waals surface area (Å²) < 4.78 is 11.0. The highest BCUT2D eigenvalue weighted by Crippen LogP contribution is 2.30. The van der Waals surface area contributed by atoms with Gasteiger partial charge in [-0.15, -0.1) is 0 Å². The van der Waals surface area contributed by atoms with Gasteiger partial charge in [0.05, 0.1) is 13.0 Å². The quantitative estimate of drug-likeness (QED) is 0.888. The molecular formula is C17H24N2O3. The molecule has 1 fully saturated rings. The summed E-state index contributed by atoms with van der Waals surface area (Å²) >= 11 is 0. The second-order valence-electron chi connectivity index (χ2n) is 6.19. The highest BCUT2D eigenvalue weighted by molar-refractivity contribution is 5.80. The molecule has 2 aliphatic heterocycles. The minimum Gasteiger partial charge on any atom is -0.497 e. The average molecular weight is 304 g/mol. The number of amides is 1. The lowest BCUT2D eigenvalue weighted by atomic mass is 9.94. The lowest BCUT2D eigenvalue weighted by Crippen LogP contribution is -2.54. The van der Waals surface area contributed by atoms with Gasteiger partial charge >= 0.3 is 0 Å². The Labute approximate surface area is 131 Å². The maximum absolute atomic E-state index is 12.5. The van der Waals surface area contributed by atoms with E-state index in [9.17, 15) is 4.79 Å². The molecule has 3 unspecified atom stereocenters. The predicted octanol–water partition coefficient (Wildman–Crippen LogP) is 1.50. The molecule has 0 aliphatic carbocycles. The topological polar surface area (TPSA) is 59.6 Å². The van der Waals surface area contributed by atoms with E-state index >= 15 is 0 Å². The zero-order chi connectivity index (χ0) is 15.5. The van der Waals surface area contributed by atoms with Gasteiger partial charge in [0, 0.05) is 12.1 Å². The fourth-order valence-corrected chi connectivity index (χ4v) is 3.21. The number of rotatable bonds is 3. The molecule has 2 aliphatic rings. The first-order chi connectivity index (χ1) is 10.7. The summed E-state index contributed by atoms with van der Waals surface area (Å²) in [6.07, 6.45) is 2.85. The van der Waals surface area contributed by atoms with Gasteiger partial charge in [-0.2, -0.15) is 0 Å². The molecule has 1 amide bonds. The molecule has 3 rings (SSSR count). The van der Waals surface area contributed by atoms with Gasteiger partial charge in [0.2, 0.25) is 5.91 Å². The number of ether oxygens (including phenoxy) is 2. The fraction of sp³-hybridized carbons (Fsp3) is 0.588. The lowest BCUT2D eigenvalue weighted by Gasteiger charge is -2.33. The van der Waals surface area contributed by atoms with Gasteiger partial charge < -0.3 is 20.1 Å². The molecule has 22 heavy (non-hydrogen) atoms. The Morgan fingerprint density at radius 2 is 2.32 bits per heavy atom. The van der Waals surface area contributed by atoms with Crippen LogP contribution in [0.25, 0.3) is 0 Å². The molecule has 1 aromatic rings. The van der Waals surface area contributed by atoms with Crippen LogP contribution in [0.4, 0.5) is 0 Å². The Hall–Kier alpha value is -1.75. The molecule has 1 aromatic carbocycles. The number of carbonyl (C=O) groups is 1. The third-order valence-corrected chi connectivity index (χ3v) is 4.63. The van der Waals surface area contributed by atoms with E-state index in [0.717, 1.165) is 36.4 Å². The van der Waals surface area contributed by atoms with E-state index in [1.165, 1.54) is 0 Å². The van der Waals surface area contributed by atoms with E-state index in [1.54, 1.807) is 7.11 Å². The second kappa shape index (κ2) is 6.57. The molecule has 0 spiro atoms. The summed E-state index contributed by atoms with van der Waals surface area (Å²) in [6.45, 7) is 3.61. The maximum Gasteiger partial charge on any atom is 0.227 e. The third-order valence-electron chi connectivity index (χ3n) is 4.63. The number of hydrogen-bond donors (Lipinski definition) is 2. The van der Waals surface area contributed by atoms with Crippen LogP contribution in [0, 0.1) is 5.92 Å². The Morgan fingerprint density at radius 3 is 3.09 bits per heavy atom. The number of carbonyl (C=O) groups excluding carboxylic acids is 1. The summed E-state index contributed by atoms with van der Waals surface area (Å²) in [7, 11) is 1.65. The molecule has 0 aromatic heterocycles. The second-order valence-corrected chi connectivity index (χ2v) is 6.19. The van der Waals surface area contributed by atoms with Crippen molar-refractivity contribution in [3.8, 4) is 11.5 Å². The van der Waals surface area contributed by atoms with Gasteiger partial charge in [-0.1, -0.05) is 0 Å². The molecule has 0 bridgehead atoms. The van der Waals surface area contributed by atoms with E-state index in [4.69, 9.17) is 9.47 Å². The summed E-state index contributed by atoms with van der Waals surface area (Å²) in [5.41, 5.74) is 1.04. The monoisotopic (exact) mass is 304 g/mol. The first-order valence-electron chi connectivity index (χ1n) is 8.01. The molecule has 1 saturated heterocycles. The van der Waals surface area contributed by atoms with E-state index in [1.807, 2.05) is 18.2 Å². The van der Waals surface area contributed by atoms with Crippen molar-refractivity contribution in [3.05, 3.63) is 23.8 Å². The van der Waals surface area contributed by atoms with Crippen LogP contribution in [0.3, 0.4) is 0 Å². The lowest BCUT2D eigenvalue weighted by molar-refractivity contribution is -0.127. The van der Waals surface area contributed by atoms with Crippen molar-refractivity contribution in [2.45, 2.75) is 38.3 Å². The van der Waals surface area contributed by atoms with Gasteiger partial charge in [-0.05, 0) is 56.5 Å². The zero-order valence-electron chi connectivity index (χ0n) is 13.2. The largest absolute Gasteiger partial charge is 0.497 e. The Balaban J connectivity index is 1.64. The third kappa shape index (κ3) is 3.19. The van der Waals surface area contributed by atoms with Crippen LogP contribution in [0.1, 0.15) is 25.3 Å². The highest BCUT2D eigenvalue weighted by atomic mass is 16.5. The van der Waals surface area contributed by atoms with Crippen LogP contribution >= 0.6 is 0 Å². The Morgan fingerprint density at radius 1 is 1.45 bits per heavy atom. The maximum atomic E-state index is 12.5. The van der Waals surface area contributed by atoms with Gasteiger partial charge in [-0.3, -0.25) is 4.79 Å². The van der Waals surface area contributed by atoms with Crippen molar-refractivity contribution in [1.82, 2.24) is 10.6 Å². The van der Waals surface area contributed by atoms with E-state index in [2.05, 4.69) is 17.6 Å². The fourth-order valence-electron chi connectivity index (χ4n) is 3.21. The van der Waals surface area contributed by atoms with Gasteiger partial charge in [0.1, 0.15) is 18.1 Å². The normalized spacial score (nSPS) is 27.5. The van der Waals surface area contributed by atoms with Crippen molar-refractivity contribution in [2.75, 3.05) is 20.3 Å². The van der Waals surface area contributed by atoms with Crippen LogP contribution in [0.15, 0.2) is 18.2 Å². The van der Waals surface area contributed by atoms with E-state index in [-0.39, 0.29) is 17.9 Å². The molecule has 2 heterocycles. The van der Waals surface area contributed by atoms with Gasteiger partial charge in [-0.25, -0.2) is 0 Å². The smallest absolute Gasteiger partial charge is 0.227 e. The molecule has 0 saturated carbocycles. The molecule has 120 valence electrons. The van der Waals surface area contributed by atoms with Gasteiger partial charge in [0.25, 0.3) is 0 Å². The first kappa shape index (κ1) is 15.2. The Kier molecular flexibility index (Phi) is 4.52.